The third-order valence-corrected chi connectivity index (χ3v) is 3.31. The van der Waals surface area contributed by atoms with Gasteiger partial charge in [0.2, 0.25) is 5.91 Å². The largest absolute Gasteiger partial charge is 0.480 e. The van der Waals surface area contributed by atoms with Crippen molar-refractivity contribution in [2.75, 3.05) is 13.2 Å². The summed E-state index contributed by atoms with van der Waals surface area (Å²) in [5.41, 5.74) is 6.51. The highest BCUT2D eigenvalue weighted by Gasteiger charge is 2.22. The molecule has 0 spiro atoms. The van der Waals surface area contributed by atoms with Gasteiger partial charge in [-0.2, -0.15) is 0 Å². The molecule has 25 heavy (non-hydrogen) atoms. The molecule has 0 unspecified atom stereocenters. The van der Waals surface area contributed by atoms with Crippen LogP contribution in [0.1, 0.15) is 18.4 Å². The Kier molecular flexibility index (Phi) is 8.97. The van der Waals surface area contributed by atoms with Gasteiger partial charge in [0.25, 0.3) is 0 Å². The fraction of sp³-hybridized carbons (Fsp3) is 0.438. The van der Waals surface area contributed by atoms with Gasteiger partial charge in [-0.25, -0.2) is 9.59 Å². The number of hydrogen-bond acceptors (Lipinski definition) is 6. The maximum Gasteiger partial charge on any atom is 0.407 e. The minimum atomic E-state index is -1.38. The van der Waals surface area contributed by atoms with Crippen LogP contribution >= 0.6 is 0 Å². The summed E-state index contributed by atoms with van der Waals surface area (Å²) in [7, 11) is 0. The summed E-state index contributed by atoms with van der Waals surface area (Å²) in [5, 5.41) is 22.2. The Labute approximate surface area is 145 Å². The van der Waals surface area contributed by atoms with Crippen LogP contribution in [0.25, 0.3) is 0 Å². The molecule has 138 valence electrons. The zero-order valence-electron chi connectivity index (χ0n) is 13.7. The molecular formula is C16H23N3O6. The van der Waals surface area contributed by atoms with Gasteiger partial charge in [-0.05, 0) is 18.4 Å². The SMILES string of the molecule is N[C@@H](CCCNC(=O)OCc1ccccc1)C(=O)N[C@@H](CO)C(=O)O. The summed E-state index contributed by atoms with van der Waals surface area (Å²) < 4.78 is 5.02. The highest BCUT2D eigenvalue weighted by Crippen LogP contribution is 2.01. The van der Waals surface area contributed by atoms with Crippen molar-refractivity contribution in [3.63, 3.8) is 0 Å². The number of nitrogens with two attached hydrogens (primary N) is 1. The molecule has 0 heterocycles. The average molecular weight is 353 g/mol. The summed E-state index contributed by atoms with van der Waals surface area (Å²) in [5.74, 6) is -2.01. The molecule has 0 fully saturated rings. The number of alkyl carbamates (subject to hydrolysis) is 1. The number of carbonyl (C=O) groups is 3. The van der Waals surface area contributed by atoms with Crippen molar-refractivity contribution in [2.45, 2.75) is 31.5 Å². The number of nitrogens with one attached hydrogen (secondary N) is 2. The number of benzene rings is 1. The van der Waals surface area contributed by atoms with E-state index in [9.17, 15) is 14.4 Å². The van der Waals surface area contributed by atoms with E-state index in [0.29, 0.717) is 6.42 Å². The molecule has 2 amide bonds. The number of amides is 2. The van der Waals surface area contributed by atoms with E-state index in [2.05, 4.69) is 10.6 Å². The number of hydrogen-bond donors (Lipinski definition) is 5. The van der Waals surface area contributed by atoms with Gasteiger partial charge < -0.3 is 31.3 Å². The molecule has 0 saturated heterocycles. The van der Waals surface area contributed by atoms with Crippen LogP contribution in [0.3, 0.4) is 0 Å². The minimum absolute atomic E-state index is 0.159. The molecule has 0 radical (unpaired) electrons. The Balaban J connectivity index is 2.18. The van der Waals surface area contributed by atoms with E-state index >= 15 is 0 Å². The van der Waals surface area contributed by atoms with Gasteiger partial charge in [0.05, 0.1) is 12.6 Å². The van der Waals surface area contributed by atoms with Crippen molar-refractivity contribution in [3.05, 3.63) is 35.9 Å². The quantitative estimate of drug-likeness (QED) is 0.358. The van der Waals surface area contributed by atoms with Gasteiger partial charge in [0, 0.05) is 6.54 Å². The second-order valence-electron chi connectivity index (χ2n) is 5.32. The molecule has 0 saturated carbocycles. The highest BCUT2D eigenvalue weighted by atomic mass is 16.5. The predicted molar refractivity (Wildman–Crippen MR) is 88.5 cm³/mol. The van der Waals surface area contributed by atoms with Crippen LogP contribution in [0.5, 0.6) is 0 Å². The van der Waals surface area contributed by atoms with E-state index in [1.165, 1.54) is 0 Å². The number of ether oxygens (including phenoxy) is 1. The molecule has 9 nitrogen and oxygen atoms in total. The first-order valence-electron chi connectivity index (χ1n) is 7.78. The van der Waals surface area contributed by atoms with Crippen LogP contribution in [-0.4, -0.2) is 53.4 Å². The van der Waals surface area contributed by atoms with Crippen molar-refractivity contribution in [2.24, 2.45) is 5.73 Å². The third-order valence-electron chi connectivity index (χ3n) is 3.31. The van der Waals surface area contributed by atoms with E-state index in [4.69, 9.17) is 20.7 Å². The molecule has 0 aromatic heterocycles. The highest BCUT2D eigenvalue weighted by molar-refractivity contribution is 5.86. The Morgan fingerprint density at radius 1 is 1.20 bits per heavy atom. The Morgan fingerprint density at radius 3 is 2.48 bits per heavy atom. The number of carbonyl (C=O) groups excluding carboxylic acids is 2. The van der Waals surface area contributed by atoms with E-state index in [1.807, 2.05) is 30.3 Å². The van der Waals surface area contributed by atoms with Crippen LogP contribution in [0.4, 0.5) is 4.79 Å². The average Bonchev–Trinajstić information content (AvgIpc) is 2.61. The van der Waals surface area contributed by atoms with Crippen molar-refractivity contribution in [1.82, 2.24) is 10.6 Å². The smallest absolute Gasteiger partial charge is 0.407 e. The normalized spacial score (nSPS) is 12.7. The van der Waals surface area contributed by atoms with Gasteiger partial charge >= 0.3 is 12.1 Å². The summed E-state index contributed by atoms with van der Waals surface area (Å²) in [4.78, 5) is 33.9. The maximum atomic E-state index is 11.7. The Bertz CT molecular complexity index is 566. The standard InChI is InChI=1S/C16H23N3O6/c17-12(14(21)19-13(9-20)15(22)23)7-4-8-18-16(24)25-10-11-5-2-1-3-6-11/h1-3,5-6,12-13,20H,4,7-10,17H2,(H,18,24)(H,19,21)(H,22,23)/t12-,13-/m0/s1. The molecule has 0 aliphatic heterocycles. The number of rotatable bonds is 10. The first-order chi connectivity index (χ1) is 11.9. The number of aliphatic hydroxyl groups is 1. The topological polar surface area (TPSA) is 151 Å². The van der Waals surface area contributed by atoms with Gasteiger partial charge in [0.15, 0.2) is 0 Å². The fourth-order valence-electron chi connectivity index (χ4n) is 1.88. The molecule has 0 bridgehead atoms. The maximum absolute atomic E-state index is 11.7. The van der Waals surface area contributed by atoms with E-state index in [0.717, 1.165) is 5.56 Å². The summed E-state index contributed by atoms with van der Waals surface area (Å²) >= 11 is 0. The summed E-state index contributed by atoms with van der Waals surface area (Å²) in [6.45, 7) is -0.300. The van der Waals surface area contributed by atoms with Crippen molar-refractivity contribution in [3.8, 4) is 0 Å². The minimum Gasteiger partial charge on any atom is -0.480 e. The first kappa shape index (κ1) is 20.4. The van der Waals surface area contributed by atoms with Crippen molar-refractivity contribution < 1.29 is 29.3 Å². The lowest BCUT2D eigenvalue weighted by atomic mass is 10.1. The molecule has 0 aliphatic carbocycles. The Hall–Kier alpha value is -2.65. The van der Waals surface area contributed by atoms with Crippen LogP contribution in [0.15, 0.2) is 30.3 Å². The van der Waals surface area contributed by atoms with Crippen LogP contribution in [0, 0.1) is 0 Å². The summed E-state index contributed by atoms with van der Waals surface area (Å²) in [6, 6.07) is 6.90. The van der Waals surface area contributed by atoms with Gasteiger partial charge in [-0.1, -0.05) is 30.3 Å². The second kappa shape index (κ2) is 11.0. The zero-order chi connectivity index (χ0) is 18.7. The number of aliphatic hydroxyl groups excluding tert-OH is 1. The first-order valence-corrected chi connectivity index (χ1v) is 7.78. The van der Waals surface area contributed by atoms with Crippen LogP contribution in [-0.2, 0) is 20.9 Å². The van der Waals surface area contributed by atoms with Gasteiger partial charge in [-0.3, -0.25) is 4.79 Å². The zero-order valence-corrected chi connectivity index (χ0v) is 13.7. The molecule has 1 aromatic rings. The molecule has 1 rings (SSSR count). The van der Waals surface area contributed by atoms with Gasteiger partial charge in [-0.15, -0.1) is 0 Å². The number of aliphatic carboxylic acids is 1. The second-order valence-corrected chi connectivity index (χ2v) is 5.32. The monoisotopic (exact) mass is 353 g/mol. The van der Waals surface area contributed by atoms with E-state index < -0.39 is 36.7 Å². The van der Waals surface area contributed by atoms with Crippen molar-refractivity contribution in [1.29, 1.82) is 0 Å². The lowest BCUT2D eigenvalue weighted by Crippen LogP contribution is -2.50. The Morgan fingerprint density at radius 2 is 1.88 bits per heavy atom. The fourth-order valence-corrected chi connectivity index (χ4v) is 1.88. The predicted octanol–water partition coefficient (Wildman–Crippen LogP) is -0.418. The number of carboxylic acids is 1. The third kappa shape index (κ3) is 8.13. The number of carboxylic acid groups (broad SMARTS) is 1. The van der Waals surface area contributed by atoms with Crippen LogP contribution in [0.2, 0.25) is 0 Å². The molecule has 0 aliphatic rings. The lowest BCUT2D eigenvalue weighted by molar-refractivity contribution is -0.143. The van der Waals surface area contributed by atoms with Crippen molar-refractivity contribution >= 4 is 18.0 Å². The van der Waals surface area contributed by atoms with Crippen LogP contribution < -0.4 is 16.4 Å². The molecule has 1 aromatic carbocycles. The molecule has 6 N–H and O–H groups in total. The van der Waals surface area contributed by atoms with Gasteiger partial charge in [0.1, 0.15) is 12.6 Å². The summed E-state index contributed by atoms with van der Waals surface area (Å²) in [6.07, 6.45) is 0.0714. The molecule has 2 atom stereocenters. The van der Waals surface area contributed by atoms with E-state index in [1.54, 1.807) is 0 Å². The molecular weight excluding hydrogens is 330 g/mol. The molecule has 9 heteroatoms. The van der Waals surface area contributed by atoms with E-state index in [-0.39, 0.29) is 19.6 Å². The lowest BCUT2D eigenvalue weighted by Gasteiger charge is -2.16.